The van der Waals surface area contributed by atoms with Gasteiger partial charge >= 0.3 is 11.9 Å². The van der Waals surface area contributed by atoms with Crippen LogP contribution in [0.5, 0.6) is 0 Å². The van der Waals surface area contributed by atoms with Gasteiger partial charge in [-0.25, -0.2) is 9.59 Å². The zero-order chi connectivity index (χ0) is 81.2. The van der Waals surface area contributed by atoms with Crippen LogP contribution >= 0.6 is 0 Å². The minimum absolute atomic E-state index is 0.875. The van der Waals surface area contributed by atoms with E-state index in [1.165, 1.54) is 0 Å². The predicted octanol–water partition coefficient (Wildman–Crippen LogP) is -21.8. The third-order valence-corrected chi connectivity index (χ3v) is 19.6. The first-order chi connectivity index (χ1) is 51.2. The monoisotopic (exact) mass is 1600 g/mol. The molecule has 0 spiro atoms. The molecular weight excluding hydrogens is 1510 g/mol. The van der Waals surface area contributed by atoms with E-state index in [0.717, 1.165) is 13.8 Å². The van der Waals surface area contributed by atoms with E-state index in [4.69, 9.17) is 71.1 Å². The first-order valence-corrected chi connectivity index (χ1v) is 33.6. The van der Waals surface area contributed by atoms with Gasteiger partial charge in [0.05, 0.1) is 64.9 Å². The lowest BCUT2D eigenvalue weighted by molar-refractivity contribution is -0.406. The molecule has 51 nitrogen and oxygen atoms in total. The van der Waals surface area contributed by atoms with Gasteiger partial charge in [-0.1, -0.05) is 0 Å². The van der Waals surface area contributed by atoms with Crippen molar-refractivity contribution in [3.8, 4) is 0 Å². The fourth-order valence-electron chi connectivity index (χ4n) is 13.6. The van der Waals surface area contributed by atoms with Gasteiger partial charge in [-0.15, -0.1) is 0 Å². The number of ether oxygens (including phenoxy) is 15. The molecule has 0 bridgehead atoms. The molecule has 8 heterocycles. The zero-order valence-electron chi connectivity index (χ0n) is 57.1. The second kappa shape index (κ2) is 37.8. The Morgan fingerprint density at radius 2 is 0.642 bits per heavy atom. The van der Waals surface area contributed by atoms with Crippen LogP contribution in [0.4, 0.5) is 0 Å². The van der Waals surface area contributed by atoms with Crippen molar-refractivity contribution in [1.29, 1.82) is 0 Å². The van der Waals surface area contributed by atoms with Crippen molar-refractivity contribution >= 4 is 23.8 Å². The molecule has 8 rings (SSSR count). The van der Waals surface area contributed by atoms with Crippen LogP contribution in [-0.2, 0) is 90.2 Å². The second-order valence-corrected chi connectivity index (χ2v) is 26.9. The summed E-state index contributed by atoms with van der Waals surface area (Å²) in [6.07, 6.45) is -90.2. The van der Waals surface area contributed by atoms with E-state index >= 15 is 0 Å². The van der Waals surface area contributed by atoms with Crippen LogP contribution in [-0.4, -0.2) is 499 Å². The molecule has 0 aliphatic carbocycles. The molecule has 0 aromatic heterocycles. The maximum Gasteiger partial charge on any atom is 0.367 e. The highest BCUT2D eigenvalue weighted by Gasteiger charge is 2.67. The van der Waals surface area contributed by atoms with E-state index in [2.05, 4.69) is 10.6 Å². The number of hydrogen-bond donors (Lipinski definition) is 32. The van der Waals surface area contributed by atoms with Crippen LogP contribution in [0.1, 0.15) is 13.8 Å². The number of aliphatic hydroxyl groups is 28. The van der Waals surface area contributed by atoms with E-state index in [1.54, 1.807) is 0 Å². The quantitative estimate of drug-likeness (QED) is 0.0318. The lowest BCUT2D eigenvalue weighted by Crippen LogP contribution is -2.75. The molecule has 632 valence electrons. The molecule has 0 saturated carbocycles. The van der Waals surface area contributed by atoms with Gasteiger partial charge in [-0.2, -0.15) is 0 Å². The summed E-state index contributed by atoms with van der Waals surface area (Å²) in [5.74, 6) is -14.3. The van der Waals surface area contributed by atoms with Gasteiger partial charge in [0.1, 0.15) is 195 Å². The summed E-state index contributed by atoms with van der Waals surface area (Å²) >= 11 is 0. The van der Waals surface area contributed by atoms with E-state index in [9.17, 15) is 172 Å². The highest BCUT2D eigenvalue weighted by Crippen LogP contribution is 2.42. The average Bonchev–Trinajstić information content (AvgIpc) is 0.757. The van der Waals surface area contributed by atoms with Crippen molar-refractivity contribution in [3.63, 3.8) is 0 Å². The minimum atomic E-state index is -3.82. The smallest absolute Gasteiger partial charge is 0.367 e. The van der Waals surface area contributed by atoms with Gasteiger partial charge < -0.3 is 235 Å². The average molecular weight is 1610 g/mol. The number of aliphatic carboxylic acids is 2. The van der Waals surface area contributed by atoms with Crippen molar-refractivity contribution < 1.29 is 243 Å². The Morgan fingerprint density at radius 3 is 0.963 bits per heavy atom. The molecule has 8 aliphatic heterocycles. The number of rotatable bonds is 30. The molecular formula is C58H96N2O49. The maximum absolute atomic E-state index is 12.6. The highest BCUT2D eigenvalue weighted by atomic mass is 16.8. The Hall–Kier alpha value is -3.84. The van der Waals surface area contributed by atoms with Crippen LogP contribution < -0.4 is 10.6 Å². The Labute approximate surface area is 612 Å². The molecule has 109 heavy (non-hydrogen) atoms. The van der Waals surface area contributed by atoms with Gasteiger partial charge in [-0.3, -0.25) is 9.59 Å². The molecule has 8 saturated heterocycles. The summed E-state index contributed by atoms with van der Waals surface area (Å²) in [5.41, 5.74) is 0. The topological polar surface area (TPSA) is 838 Å². The van der Waals surface area contributed by atoms with E-state index in [0.29, 0.717) is 0 Å². The fourth-order valence-corrected chi connectivity index (χ4v) is 13.6. The Bertz CT molecular complexity index is 2920. The van der Waals surface area contributed by atoms with E-state index in [1.807, 2.05) is 0 Å². The summed E-state index contributed by atoms with van der Waals surface area (Å²) in [6.45, 7) is -7.67. The number of amides is 2. The normalized spacial score (nSPS) is 48.3. The summed E-state index contributed by atoms with van der Waals surface area (Å²) in [7, 11) is 0. The third-order valence-electron chi connectivity index (χ3n) is 19.6. The van der Waals surface area contributed by atoms with Gasteiger partial charge in [0.15, 0.2) is 49.9 Å². The van der Waals surface area contributed by atoms with Gasteiger partial charge in [0.25, 0.3) is 11.6 Å². The minimum Gasteiger partial charge on any atom is -0.477 e. The number of nitrogens with one attached hydrogen (secondary N) is 2. The first-order valence-electron chi connectivity index (χ1n) is 33.6. The Morgan fingerprint density at radius 1 is 0.349 bits per heavy atom. The number of aliphatic hydroxyl groups excluding tert-OH is 26. The number of hydrogen-bond acceptors (Lipinski definition) is 47. The highest BCUT2D eigenvalue weighted by molar-refractivity contribution is 5.78. The van der Waals surface area contributed by atoms with Crippen molar-refractivity contribution in [2.24, 2.45) is 0 Å². The molecule has 0 aromatic rings. The van der Waals surface area contributed by atoms with Crippen molar-refractivity contribution in [3.05, 3.63) is 0 Å². The Balaban J connectivity index is 0.893. The lowest BCUT2D eigenvalue weighted by atomic mass is 9.86. The summed E-state index contributed by atoms with van der Waals surface area (Å²) in [4.78, 5) is 49.7. The molecule has 8 aliphatic rings. The molecule has 0 unspecified atom stereocenters. The number of carboxylic acids is 2. The molecule has 44 atom stereocenters. The molecule has 0 radical (unpaired) electrons. The predicted molar refractivity (Wildman–Crippen MR) is 325 cm³/mol. The SMILES string of the molecule is CC(=O)N[C@@H]1[C@@H](O)[C@@H](O[C@H]2[C@@H](O)[C@@H](CO)O[C@@H](OC[C@H]3O[C@@H](O[C@@H]4[C@H](O)[C@@H](O)[C@H](O[C@@H]5[C@H](O)[C@@H](O)[C@H](O[C@H]6O[C@H](CO)[C@@H](O[C@@H]7O[C@H](CO)[C@H](O)[C@H](O[C@@H]8[C@H](O)[C@@H](NC(C)=O)[C@H]([C@H](O)[C@H](O)CO)O[C@]8(O)C(=O)O)[C@H]7O)[C@H](O)[C@H]6O)O[C@@H]5CO)O[C@@H]4CO)[C@H](O)[C@@H](O)[C@H]3O)[C@@H]2O)[C@@](O)(C(=O)O)O[C@H]1[C@H](O)[C@H](O)CO. The van der Waals surface area contributed by atoms with Crippen LogP contribution in [0.15, 0.2) is 0 Å². The molecule has 8 fully saturated rings. The number of carbonyl (C=O) groups excluding carboxylic acids is 2. The third kappa shape index (κ3) is 18.7. The number of carbonyl (C=O) groups is 4. The van der Waals surface area contributed by atoms with Crippen molar-refractivity contribution in [1.82, 2.24) is 10.6 Å². The molecule has 0 aromatic carbocycles. The molecule has 2 amide bonds. The first kappa shape index (κ1) is 90.7. The lowest BCUT2D eigenvalue weighted by Gasteiger charge is -2.51. The summed E-state index contributed by atoms with van der Waals surface area (Å²) < 4.78 is 83.3. The standard InChI is InChI=1S/C58H96N2O49/c1-11(68)59-21-28(77)47(57(93,55(89)90)108-43(21)23(72)13(70)3-61)102-45-26(75)15(5-63)96-49(38(45)87)95-10-20-25(74)30(79)34(83)50(101-20)104-40-17(7-65)98-51(35(84)31(40)80)105-41-18(8-66)99-52(36(85)32(41)81)107-53-37(86)33(82)42(19(9-67)100-53)106-54-39(88)46(27(76)16(6-64)97-54)103-48-29(78)22(60-12(2)69)44(24(73)14(71)4-62)109-58(48,94)56(91)92/h13-54,61-67,70-88,93-94H,3-10H2,1-2H3,(H,59,68)(H,60,69)(H,89,90)(H,91,92)/t13-,14-,15-,16-,17-,18-,19-,20-,21-,22-,23-,24-,25+,26+,27+,28-,29-,30+,31-,32-,33-,34-,35-,36-,37-,38-,39-,40+,41+,42-,43-,44-,45+,46+,47-,48-,49-,50+,51+,52+,53-,54+,57+,58+/m1/s1. The van der Waals surface area contributed by atoms with Crippen LogP contribution in [0.3, 0.4) is 0 Å². The largest absolute Gasteiger partial charge is 0.477 e. The van der Waals surface area contributed by atoms with Crippen molar-refractivity contribution in [2.75, 3.05) is 52.9 Å². The molecule has 51 heteroatoms. The molecule has 32 N–H and O–H groups in total. The van der Waals surface area contributed by atoms with Gasteiger partial charge in [0.2, 0.25) is 11.8 Å². The summed E-state index contributed by atoms with van der Waals surface area (Å²) in [5, 5.41) is 330. The van der Waals surface area contributed by atoms with Gasteiger partial charge in [0, 0.05) is 13.8 Å². The van der Waals surface area contributed by atoms with Crippen LogP contribution in [0.2, 0.25) is 0 Å². The van der Waals surface area contributed by atoms with Crippen LogP contribution in [0.25, 0.3) is 0 Å². The Kier molecular flexibility index (Phi) is 31.5. The van der Waals surface area contributed by atoms with Crippen molar-refractivity contribution in [2.45, 2.75) is 283 Å². The van der Waals surface area contributed by atoms with Gasteiger partial charge in [-0.05, 0) is 0 Å². The number of carboxylic acid groups (broad SMARTS) is 2. The second-order valence-electron chi connectivity index (χ2n) is 26.9. The van der Waals surface area contributed by atoms with Crippen LogP contribution in [0, 0.1) is 0 Å². The van der Waals surface area contributed by atoms with E-state index in [-0.39, 0.29) is 0 Å². The van der Waals surface area contributed by atoms with E-state index < -0.39 is 346 Å². The fraction of sp³-hybridized carbons (Fsp3) is 0.931. The maximum atomic E-state index is 12.6. The summed E-state index contributed by atoms with van der Waals surface area (Å²) in [6, 6.07) is -4.02. The zero-order valence-corrected chi connectivity index (χ0v) is 57.1.